The summed E-state index contributed by atoms with van der Waals surface area (Å²) in [6.45, 7) is 8.24. The fraction of sp³-hybridized carbons (Fsp3) is 0.588. The zero-order chi connectivity index (χ0) is 16.4. The van der Waals surface area contributed by atoms with Gasteiger partial charge in [-0.2, -0.15) is 5.10 Å². The lowest BCUT2D eigenvalue weighted by atomic mass is 10.0. The van der Waals surface area contributed by atoms with Crippen LogP contribution in [0.2, 0.25) is 0 Å². The van der Waals surface area contributed by atoms with E-state index in [-0.39, 0.29) is 11.9 Å². The number of carbonyl (C=O) groups is 1. The van der Waals surface area contributed by atoms with E-state index in [1.165, 1.54) is 0 Å². The normalized spacial score (nSPS) is 18.5. The summed E-state index contributed by atoms with van der Waals surface area (Å²) in [4.78, 5) is 17.2. The smallest absolute Gasteiger partial charge is 0.252 e. The zero-order valence-corrected chi connectivity index (χ0v) is 14.0. The van der Waals surface area contributed by atoms with Gasteiger partial charge in [0, 0.05) is 24.9 Å². The molecule has 23 heavy (non-hydrogen) atoms. The molecule has 3 rings (SSSR count). The highest BCUT2D eigenvalue weighted by molar-refractivity contribution is 6.05. The Kier molecular flexibility index (Phi) is 4.61. The molecular formula is C17H24N4O2. The first-order chi connectivity index (χ1) is 11.1. The Bertz CT molecular complexity index is 702. The van der Waals surface area contributed by atoms with Crippen molar-refractivity contribution in [3.63, 3.8) is 0 Å². The number of aryl methyl sites for hydroxylation is 1. The Morgan fingerprint density at radius 3 is 3.04 bits per heavy atom. The van der Waals surface area contributed by atoms with Gasteiger partial charge in [-0.1, -0.05) is 0 Å². The summed E-state index contributed by atoms with van der Waals surface area (Å²) in [6.07, 6.45) is 3.91. The van der Waals surface area contributed by atoms with Crippen LogP contribution in [0.15, 0.2) is 12.3 Å². The van der Waals surface area contributed by atoms with Gasteiger partial charge >= 0.3 is 0 Å². The maximum absolute atomic E-state index is 12.6. The van der Waals surface area contributed by atoms with E-state index in [1.54, 1.807) is 6.20 Å². The molecule has 0 bridgehead atoms. The van der Waals surface area contributed by atoms with E-state index < -0.39 is 0 Å². The lowest BCUT2D eigenvalue weighted by molar-refractivity contribution is 0.0536. The summed E-state index contributed by atoms with van der Waals surface area (Å²) in [6, 6.07) is 2.04. The van der Waals surface area contributed by atoms with E-state index in [4.69, 9.17) is 4.74 Å². The van der Waals surface area contributed by atoms with Gasteiger partial charge in [0.1, 0.15) is 0 Å². The van der Waals surface area contributed by atoms with E-state index in [2.05, 4.69) is 29.2 Å². The third kappa shape index (κ3) is 3.37. The highest BCUT2D eigenvalue weighted by Crippen LogP contribution is 2.21. The molecule has 6 nitrogen and oxygen atoms in total. The minimum Gasteiger partial charge on any atom is -0.381 e. The lowest BCUT2D eigenvalue weighted by Crippen LogP contribution is -2.33. The predicted molar refractivity (Wildman–Crippen MR) is 88.5 cm³/mol. The van der Waals surface area contributed by atoms with Crippen LogP contribution in [0.4, 0.5) is 0 Å². The molecule has 124 valence electrons. The summed E-state index contributed by atoms with van der Waals surface area (Å²) in [5.41, 5.74) is 2.24. The number of ether oxygens (including phenoxy) is 1. The van der Waals surface area contributed by atoms with Crippen molar-refractivity contribution in [2.24, 2.45) is 5.92 Å². The number of hydrogen-bond donors (Lipinski definition) is 1. The third-order valence-electron chi connectivity index (χ3n) is 4.23. The summed E-state index contributed by atoms with van der Waals surface area (Å²) in [5.74, 6) is 0.346. The first-order valence-corrected chi connectivity index (χ1v) is 8.27. The molecule has 0 spiro atoms. The third-order valence-corrected chi connectivity index (χ3v) is 4.23. The van der Waals surface area contributed by atoms with Crippen molar-refractivity contribution in [1.29, 1.82) is 0 Å². The molecule has 2 aromatic rings. The Balaban J connectivity index is 1.82. The highest BCUT2D eigenvalue weighted by atomic mass is 16.5. The van der Waals surface area contributed by atoms with Gasteiger partial charge in [-0.15, -0.1) is 0 Å². The van der Waals surface area contributed by atoms with Gasteiger partial charge in [0.25, 0.3) is 5.91 Å². The molecule has 1 unspecified atom stereocenters. The summed E-state index contributed by atoms with van der Waals surface area (Å²) < 4.78 is 7.32. The number of pyridine rings is 1. The Morgan fingerprint density at radius 2 is 2.35 bits per heavy atom. The van der Waals surface area contributed by atoms with Crippen molar-refractivity contribution in [1.82, 2.24) is 20.1 Å². The molecule has 2 aromatic heterocycles. The molecule has 1 amide bonds. The highest BCUT2D eigenvalue weighted by Gasteiger charge is 2.19. The number of amides is 1. The minimum atomic E-state index is -0.0608. The van der Waals surface area contributed by atoms with Crippen LogP contribution < -0.4 is 5.32 Å². The molecule has 1 aliphatic heterocycles. The van der Waals surface area contributed by atoms with Crippen LogP contribution in [0.5, 0.6) is 0 Å². The molecule has 1 aliphatic rings. The molecule has 1 saturated heterocycles. The quantitative estimate of drug-likeness (QED) is 0.941. The molecule has 1 fully saturated rings. The van der Waals surface area contributed by atoms with Gasteiger partial charge < -0.3 is 10.1 Å². The first kappa shape index (κ1) is 15.9. The Morgan fingerprint density at radius 1 is 1.52 bits per heavy atom. The van der Waals surface area contributed by atoms with Gasteiger partial charge in [-0.25, -0.2) is 9.67 Å². The fourth-order valence-corrected chi connectivity index (χ4v) is 3.01. The number of carbonyl (C=O) groups excluding carboxylic acids is 1. The van der Waals surface area contributed by atoms with Crippen molar-refractivity contribution in [2.45, 2.75) is 39.7 Å². The molecule has 0 aromatic carbocycles. The standard InChI is InChI=1S/C17H24N4O2/c1-11(2)21-16-15(9-19-21)14(7-12(3)20-16)17(22)18-8-13-5-4-6-23-10-13/h7,9,11,13H,4-6,8,10H2,1-3H3,(H,18,22). The fourth-order valence-electron chi connectivity index (χ4n) is 3.01. The van der Waals surface area contributed by atoms with Crippen LogP contribution in [0.3, 0.4) is 0 Å². The molecular weight excluding hydrogens is 292 g/mol. The second kappa shape index (κ2) is 6.66. The van der Waals surface area contributed by atoms with Crippen molar-refractivity contribution < 1.29 is 9.53 Å². The van der Waals surface area contributed by atoms with Crippen LogP contribution >= 0.6 is 0 Å². The molecule has 1 atom stereocenters. The second-order valence-electron chi connectivity index (χ2n) is 6.52. The number of aromatic nitrogens is 3. The minimum absolute atomic E-state index is 0.0608. The molecule has 0 saturated carbocycles. The number of rotatable bonds is 4. The van der Waals surface area contributed by atoms with Gasteiger partial charge in [0.15, 0.2) is 5.65 Å². The maximum Gasteiger partial charge on any atom is 0.252 e. The number of fused-ring (bicyclic) bond motifs is 1. The first-order valence-electron chi connectivity index (χ1n) is 8.27. The summed E-state index contributed by atoms with van der Waals surface area (Å²) >= 11 is 0. The molecule has 1 N–H and O–H groups in total. The Labute approximate surface area is 136 Å². The lowest BCUT2D eigenvalue weighted by Gasteiger charge is -2.22. The monoisotopic (exact) mass is 316 g/mol. The van der Waals surface area contributed by atoms with Crippen molar-refractivity contribution >= 4 is 16.9 Å². The maximum atomic E-state index is 12.6. The van der Waals surface area contributed by atoms with Crippen LogP contribution in [0, 0.1) is 12.8 Å². The van der Waals surface area contributed by atoms with Crippen molar-refractivity contribution in [2.75, 3.05) is 19.8 Å². The van der Waals surface area contributed by atoms with E-state index in [1.807, 2.05) is 17.7 Å². The van der Waals surface area contributed by atoms with Gasteiger partial charge in [0.2, 0.25) is 0 Å². The van der Waals surface area contributed by atoms with Crippen molar-refractivity contribution in [3.05, 3.63) is 23.5 Å². The topological polar surface area (TPSA) is 69.0 Å². The predicted octanol–water partition coefficient (Wildman–Crippen LogP) is 2.48. The largest absolute Gasteiger partial charge is 0.381 e. The van der Waals surface area contributed by atoms with Gasteiger partial charge in [-0.3, -0.25) is 4.79 Å². The molecule has 0 aliphatic carbocycles. The molecule has 3 heterocycles. The van der Waals surface area contributed by atoms with E-state index in [0.29, 0.717) is 18.0 Å². The van der Waals surface area contributed by atoms with Crippen LogP contribution in [-0.4, -0.2) is 40.4 Å². The Hall–Kier alpha value is -1.95. The van der Waals surface area contributed by atoms with Crippen molar-refractivity contribution in [3.8, 4) is 0 Å². The van der Waals surface area contributed by atoms with Crippen LogP contribution in [0.1, 0.15) is 48.8 Å². The number of nitrogens with one attached hydrogen (secondary N) is 1. The zero-order valence-electron chi connectivity index (χ0n) is 14.0. The van der Waals surface area contributed by atoms with E-state index in [9.17, 15) is 4.79 Å². The average molecular weight is 316 g/mol. The van der Waals surface area contributed by atoms with Crippen LogP contribution in [0.25, 0.3) is 11.0 Å². The SMILES string of the molecule is Cc1cc(C(=O)NCC2CCCOC2)c2cnn(C(C)C)c2n1. The number of hydrogen-bond acceptors (Lipinski definition) is 4. The molecule has 6 heteroatoms. The summed E-state index contributed by atoms with van der Waals surface area (Å²) in [7, 11) is 0. The number of nitrogens with zero attached hydrogens (tertiary/aromatic N) is 3. The average Bonchev–Trinajstić information content (AvgIpc) is 2.96. The van der Waals surface area contributed by atoms with Gasteiger partial charge in [0.05, 0.1) is 23.8 Å². The summed E-state index contributed by atoms with van der Waals surface area (Å²) in [5, 5.41) is 8.23. The van der Waals surface area contributed by atoms with E-state index in [0.717, 1.165) is 42.8 Å². The van der Waals surface area contributed by atoms with E-state index >= 15 is 0 Å². The second-order valence-corrected chi connectivity index (χ2v) is 6.52. The molecule has 0 radical (unpaired) electrons. The van der Waals surface area contributed by atoms with Crippen LogP contribution in [-0.2, 0) is 4.74 Å². The van der Waals surface area contributed by atoms with Gasteiger partial charge in [-0.05, 0) is 45.6 Å².